The lowest BCUT2D eigenvalue weighted by Crippen LogP contribution is -2.37. The molecule has 0 N–H and O–H groups in total. The van der Waals surface area contributed by atoms with Crippen LogP contribution in [0.25, 0.3) is 0 Å². The van der Waals surface area contributed by atoms with Crippen LogP contribution in [0, 0.1) is 19.7 Å². The molecule has 3 aromatic rings. The second kappa shape index (κ2) is 8.22. The minimum Gasteiger partial charge on any atom is -0.443 e. The highest BCUT2D eigenvalue weighted by Gasteiger charge is 2.33. The Bertz CT molecular complexity index is 1140. The number of oxazole rings is 1. The van der Waals surface area contributed by atoms with Crippen LogP contribution in [0.1, 0.15) is 47.5 Å². The van der Waals surface area contributed by atoms with E-state index in [-0.39, 0.29) is 24.3 Å². The maximum absolute atomic E-state index is 13.4. The summed E-state index contributed by atoms with van der Waals surface area (Å²) >= 11 is 0. The fraction of sp³-hybridized carbons (Fsp3) is 0.364. The number of hydrogen-bond acceptors (Lipinski definition) is 5. The van der Waals surface area contributed by atoms with Gasteiger partial charge in [-0.2, -0.15) is 4.98 Å². The van der Waals surface area contributed by atoms with Crippen molar-refractivity contribution in [1.29, 1.82) is 0 Å². The molecule has 0 spiro atoms. The molecule has 0 radical (unpaired) electrons. The van der Waals surface area contributed by atoms with E-state index in [1.54, 1.807) is 37.1 Å². The molecule has 0 saturated carbocycles. The molecule has 3 heterocycles. The quantitative estimate of drug-likeness (QED) is 0.646. The van der Waals surface area contributed by atoms with Gasteiger partial charge in [0.15, 0.2) is 0 Å². The summed E-state index contributed by atoms with van der Waals surface area (Å²) in [4.78, 5) is 35.1. The Morgan fingerprint density at radius 1 is 1.30 bits per heavy atom. The minimum absolute atomic E-state index is 0.0642. The molecule has 30 heavy (non-hydrogen) atoms. The molecule has 1 aromatic carbocycles. The highest BCUT2D eigenvalue weighted by molar-refractivity contribution is 5.76. The number of likely N-dealkylation sites (tertiary alicyclic amines) is 1. The van der Waals surface area contributed by atoms with E-state index in [9.17, 15) is 14.0 Å². The average molecular weight is 410 g/mol. The molecule has 0 unspecified atom stereocenters. The molecule has 1 aliphatic heterocycles. The zero-order valence-electron chi connectivity index (χ0n) is 17.0. The molecule has 1 amide bonds. The standard InChI is InChI=1S/C22H23FN4O3/c1-14-9-15(2)27(22(29)25-14)13-20(28)26-8-4-7-19(26)21-24-12-18(30-21)11-16-5-3-6-17(23)10-16/h3,5-6,9-10,12,19H,4,7-8,11,13H2,1-2H3/t19-/m0/s1. The van der Waals surface area contributed by atoms with Gasteiger partial charge in [0, 0.05) is 24.4 Å². The van der Waals surface area contributed by atoms with Gasteiger partial charge in [0.05, 0.1) is 6.20 Å². The number of halogens is 1. The SMILES string of the molecule is Cc1cc(C)n(CC(=O)N2CCC[C@H]2c2ncc(Cc3cccc(F)c3)o2)c(=O)n1. The van der Waals surface area contributed by atoms with Gasteiger partial charge in [0.1, 0.15) is 24.2 Å². The van der Waals surface area contributed by atoms with Gasteiger partial charge in [-0.15, -0.1) is 0 Å². The normalized spacial score (nSPS) is 16.2. The number of carbonyl (C=O) groups is 1. The first-order chi connectivity index (χ1) is 14.4. The van der Waals surface area contributed by atoms with E-state index in [1.807, 2.05) is 6.07 Å². The Morgan fingerprint density at radius 3 is 2.90 bits per heavy atom. The average Bonchev–Trinajstić information content (AvgIpc) is 3.33. The number of nitrogens with zero attached hydrogens (tertiary/aromatic N) is 4. The Hall–Kier alpha value is -3.29. The third kappa shape index (κ3) is 4.17. The lowest BCUT2D eigenvalue weighted by molar-refractivity contribution is -0.133. The molecule has 8 heteroatoms. The summed E-state index contributed by atoms with van der Waals surface area (Å²) < 4.78 is 20.7. The first-order valence-electron chi connectivity index (χ1n) is 9.94. The fourth-order valence-electron chi connectivity index (χ4n) is 3.92. The van der Waals surface area contributed by atoms with Crippen LogP contribution in [-0.4, -0.2) is 31.9 Å². The molecular weight excluding hydrogens is 387 g/mol. The molecule has 7 nitrogen and oxygen atoms in total. The second-order valence-corrected chi connectivity index (χ2v) is 7.62. The maximum Gasteiger partial charge on any atom is 0.348 e. The zero-order chi connectivity index (χ0) is 21.3. The van der Waals surface area contributed by atoms with Gasteiger partial charge < -0.3 is 9.32 Å². The number of carbonyl (C=O) groups excluding carboxylic acids is 1. The lowest BCUT2D eigenvalue weighted by Gasteiger charge is -2.23. The van der Waals surface area contributed by atoms with Crippen LogP contribution in [-0.2, 0) is 17.8 Å². The second-order valence-electron chi connectivity index (χ2n) is 7.62. The Kier molecular flexibility index (Phi) is 5.48. The van der Waals surface area contributed by atoms with Gasteiger partial charge in [0.25, 0.3) is 0 Å². The summed E-state index contributed by atoms with van der Waals surface area (Å²) in [5.74, 6) is 0.622. The topological polar surface area (TPSA) is 81.2 Å². The number of hydrogen-bond donors (Lipinski definition) is 0. The molecular formula is C22H23FN4O3. The molecule has 0 bridgehead atoms. The van der Waals surface area contributed by atoms with Crippen LogP contribution in [0.15, 0.2) is 45.7 Å². The Morgan fingerprint density at radius 2 is 2.13 bits per heavy atom. The lowest BCUT2D eigenvalue weighted by atomic mass is 10.1. The van der Waals surface area contributed by atoms with Gasteiger partial charge in [-0.05, 0) is 50.5 Å². The number of rotatable bonds is 5. The summed E-state index contributed by atoms with van der Waals surface area (Å²) in [6.45, 7) is 4.06. The van der Waals surface area contributed by atoms with Crippen molar-refractivity contribution in [3.8, 4) is 0 Å². The highest BCUT2D eigenvalue weighted by atomic mass is 19.1. The fourth-order valence-corrected chi connectivity index (χ4v) is 3.92. The zero-order valence-corrected chi connectivity index (χ0v) is 17.0. The summed E-state index contributed by atoms with van der Waals surface area (Å²) in [6, 6.07) is 7.85. The molecule has 1 aliphatic rings. The molecule has 1 atom stereocenters. The van der Waals surface area contributed by atoms with Crippen LogP contribution in [0.5, 0.6) is 0 Å². The van der Waals surface area contributed by atoms with E-state index in [4.69, 9.17) is 4.42 Å². The van der Waals surface area contributed by atoms with E-state index in [2.05, 4.69) is 9.97 Å². The third-order valence-electron chi connectivity index (χ3n) is 5.34. The van der Waals surface area contributed by atoms with E-state index < -0.39 is 5.69 Å². The van der Waals surface area contributed by atoms with Crippen molar-refractivity contribution in [2.75, 3.05) is 6.54 Å². The maximum atomic E-state index is 13.4. The predicted molar refractivity (Wildman–Crippen MR) is 107 cm³/mol. The third-order valence-corrected chi connectivity index (χ3v) is 5.34. The van der Waals surface area contributed by atoms with Gasteiger partial charge in [0.2, 0.25) is 11.8 Å². The number of aryl methyl sites for hydroxylation is 2. The van der Waals surface area contributed by atoms with Crippen molar-refractivity contribution in [3.05, 3.63) is 81.4 Å². The van der Waals surface area contributed by atoms with Crippen molar-refractivity contribution < 1.29 is 13.6 Å². The molecule has 1 fully saturated rings. The van der Waals surface area contributed by atoms with Gasteiger partial charge in [-0.25, -0.2) is 14.2 Å². The molecule has 2 aromatic heterocycles. The van der Waals surface area contributed by atoms with Crippen molar-refractivity contribution >= 4 is 5.91 Å². The van der Waals surface area contributed by atoms with Gasteiger partial charge >= 0.3 is 5.69 Å². The van der Waals surface area contributed by atoms with E-state index in [1.165, 1.54) is 16.7 Å². The predicted octanol–water partition coefficient (Wildman–Crippen LogP) is 2.94. The van der Waals surface area contributed by atoms with Crippen molar-refractivity contribution in [2.24, 2.45) is 0 Å². The van der Waals surface area contributed by atoms with Gasteiger partial charge in [-0.3, -0.25) is 9.36 Å². The monoisotopic (exact) mass is 410 g/mol. The van der Waals surface area contributed by atoms with Crippen LogP contribution >= 0.6 is 0 Å². The molecule has 4 rings (SSSR count). The van der Waals surface area contributed by atoms with E-state index >= 15 is 0 Å². The van der Waals surface area contributed by atoms with Crippen molar-refractivity contribution in [3.63, 3.8) is 0 Å². The van der Waals surface area contributed by atoms with Crippen LogP contribution in [0.2, 0.25) is 0 Å². The van der Waals surface area contributed by atoms with Crippen LogP contribution in [0.4, 0.5) is 4.39 Å². The minimum atomic E-state index is -0.426. The van der Waals surface area contributed by atoms with Crippen LogP contribution in [0.3, 0.4) is 0 Å². The molecule has 1 saturated heterocycles. The summed E-state index contributed by atoms with van der Waals surface area (Å²) in [5.41, 5.74) is 1.69. The van der Waals surface area contributed by atoms with E-state index in [0.29, 0.717) is 36.0 Å². The largest absolute Gasteiger partial charge is 0.443 e. The number of benzene rings is 1. The van der Waals surface area contributed by atoms with Gasteiger partial charge in [-0.1, -0.05) is 12.1 Å². The summed E-state index contributed by atoms with van der Waals surface area (Å²) in [6.07, 6.45) is 3.62. The molecule has 0 aliphatic carbocycles. The molecule has 156 valence electrons. The Balaban J connectivity index is 1.49. The van der Waals surface area contributed by atoms with Crippen molar-refractivity contribution in [1.82, 2.24) is 19.4 Å². The summed E-state index contributed by atoms with van der Waals surface area (Å²) in [5, 5.41) is 0. The smallest absolute Gasteiger partial charge is 0.348 e. The van der Waals surface area contributed by atoms with Crippen LogP contribution < -0.4 is 5.69 Å². The number of amides is 1. The van der Waals surface area contributed by atoms with Crippen molar-refractivity contribution in [2.45, 2.75) is 45.7 Å². The van der Waals surface area contributed by atoms with E-state index in [0.717, 1.165) is 18.4 Å². The Labute approximate surface area is 173 Å². The highest BCUT2D eigenvalue weighted by Crippen LogP contribution is 2.32. The summed E-state index contributed by atoms with van der Waals surface area (Å²) in [7, 11) is 0. The number of aromatic nitrogens is 3. The first kappa shape index (κ1) is 20.0. The first-order valence-corrected chi connectivity index (χ1v) is 9.94.